The van der Waals surface area contributed by atoms with Crippen LogP contribution < -0.4 is 16.4 Å². The molecule has 204 valence electrons. The summed E-state index contributed by atoms with van der Waals surface area (Å²) >= 11 is 0. The number of urea groups is 1. The largest absolute Gasteiger partial charge is 0.457 e. The number of nitrogens with zero attached hydrogens (tertiary/aromatic N) is 1. The van der Waals surface area contributed by atoms with Crippen molar-refractivity contribution in [2.75, 3.05) is 6.54 Å². The Balaban J connectivity index is 1.96. The van der Waals surface area contributed by atoms with Crippen LogP contribution in [0.2, 0.25) is 0 Å². The number of hydrogen-bond donors (Lipinski definition) is 3. The molecule has 0 saturated carbocycles. The van der Waals surface area contributed by atoms with Crippen LogP contribution in [-0.4, -0.2) is 41.2 Å². The van der Waals surface area contributed by atoms with Gasteiger partial charge in [0.1, 0.15) is 6.61 Å². The van der Waals surface area contributed by atoms with Crippen LogP contribution in [0, 0.1) is 22.0 Å². The second-order valence-electron chi connectivity index (χ2n) is 9.37. The monoisotopic (exact) mass is 526 g/mol. The summed E-state index contributed by atoms with van der Waals surface area (Å²) in [6, 6.07) is 10.7. The van der Waals surface area contributed by atoms with Crippen molar-refractivity contribution in [2.24, 2.45) is 17.6 Å². The zero-order chi connectivity index (χ0) is 28.2. The van der Waals surface area contributed by atoms with Crippen molar-refractivity contribution in [2.45, 2.75) is 52.7 Å². The maximum Gasteiger partial charge on any atom is 0.338 e. The van der Waals surface area contributed by atoms with Crippen LogP contribution in [0.3, 0.4) is 0 Å². The van der Waals surface area contributed by atoms with Gasteiger partial charge in [0.25, 0.3) is 5.69 Å². The molecule has 0 radical (unpaired) electrons. The summed E-state index contributed by atoms with van der Waals surface area (Å²) in [6.07, 6.45) is 0.911. The van der Waals surface area contributed by atoms with Gasteiger partial charge in [0, 0.05) is 31.0 Å². The number of ketones is 1. The normalized spacial score (nSPS) is 12.3. The van der Waals surface area contributed by atoms with Gasteiger partial charge in [-0.3, -0.25) is 19.7 Å². The standard InChI is InChI=1S/C27H34N4O7/c1-17(2)18(3)25(33)30-23(5-4-14-29-27(28)35)24(32)15-19-6-8-20(9-7-19)16-38-26(34)21-10-12-22(13-11-21)31(36)37/h6-13,17-18,23H,4-5,14-16H2,1-3H3,(H,30,33)(H3,28,29,35)/t18-,23-/m0/s1. The SMILES string of the molecule is CC(C)[C@H](C)C(=O)N[C@@H](CCCNC(N)=O)C(=O)Cc1ccc(COC(=O)c2ccc([N+](=O)[O-])cc2)cc1. The van der Waals surface area contributed by atoms with E-state index in [4.69, 9.17) is 10.5 Å². The van der Waals surface area contributed by atoms with Gasteiger partial charge in [0.05, 0.1) is 16.5 Å². The second-order valence-corrected chi connectivity index (χ2v) is 9.37. The molecule has 0 aliphatic heterocycles. The molecule has 0 fully saturated rings. The average molecular weight is 527 g/mol. The summed E-state index contributed by atoms with van der Waals surface area (Å²) in [4.78, 5) is 58.9. The Hall–Kier alpha value is -4.28. The molecule has 0 heterocycles. The molecule has 2 aromatic carbocycles. The zero-order valence-electron chi connectivity index (χ0n) is 21.8. The molecule has 0 saturated heterocycles. The Morgan fingerprint density at radius 3 is 2.13 bits per heavy atom. The number of non-ortho nitro benzene ring substituents is 1. The fourth-order valence-corrected chi connectivity index (χ4v) is 3.47. The summed E-state index contributed by atoms with van der Waals surface area (Å²) in [5.74, 6) is -1.12. The fourth-order valence-electron chi connectivity index (χ4n) is 3.47. The molecule has 2 rings (SSSR count). The smallest absolute Gasteiger partial charge is 0.338 e. The summed E-state index contributed by atoms with van der Waals surface area (Å²) in [7, 11) is 0. The Kier molecular flexibility index (Phi) is 11.4. The van der Waals surface area contributed by atoms with Gasteiger partial charge >= 0.3 is 12.0 Å². The number of Topliss-reactive ketones (excluding diaryl/α,β-unsaturated/α-hetero) is 1. The summed E-state index contributed by atoms with van der Waals surface area (Å²) in [6.45, 7) is 5.96. The highest BCUT2D eigenvalue weighted by molar-refractivity contribution is 5.91. The molecule has 2 aromatic rings. The van der Waals surface area contributed by atoms with E-state index in [1.807, 2.05) is 20.8 Å². The lowest BCUT2D eigenvalue weighted by molar-refractivity contribution is -0.384. The number of primary amides is 1. The average Bonchev–Trinajstić information content (AvgIpc) is 2.88. The van der Waals surface area contributed by atoms with Gasteiger partial charge in [0.15, 0.2) is 5.78 Å². The molecule has 0 bridgehead atoms. The van der Waals surface area contributed by atoms with Crippen LogP contribution in [0.4, 0.5) is 10.5 Å². The van der Waals surface area contributed by atoms with Crippen molar-refractivity contribution >= 4 is 29.4 Å². The number of hydrogen-bond acceptors (Lipinski definition) is 7. The van der Waals surface area contributed by atoms with Crippen LogP contribution in [-0.2, 0) is 27.4 Å². The molecule has 0 aliphatic carbocycles. The first-order chi connectivity index (χ1) is 18.0. The maximum atomic E-state index is 13.1. The molecule has 0 aromatic heterocycles. The third kappa shape index (κ3) is 9.64. The minimum Gasteiger partial charge on any atom is -0.457 e. The van der Waals surface area contributed by atoms with Gasteiger partial charge in [-0.15, -0.1) is 0 Å². The molecule has 2 atom stereocenters. The molecule has 4 N–H and O–H groups in total. The van der Waals surface area contributed by atoms with Crippen molar-refractivity contribution in [3.63, 3.8) is 0 Å². The number of esters is 1. The van der Waals surface area contributed by atoms with Crippen molar-refractivity contribution in [3.8, 4) is 0 Å². The highest BCUT2D eigenvalue weighted by Gasteiger charge is 2.24. The van der Waals surface area contributed by atoms with Gasteiger partial charge in [-0.25, -0.2) is 9.59 Å². The summed E-state index contributed by atoms with van der Waals surface area (Å²) < 4.78 is 5.27. The predicted octanol–water partition coefficient (Wildman–Crippen LogP) is 3.29. The van der Waals surface area contributed by atoms with E-state index < -0.39 is 23.0 Å². The topological polar surface area (TPSA) is 171 Å². The van der Waals surface area contributed by atoms with Crippen molar-refractivity contribution in [1.29, 1.82) is 0 Å². The summed E-state index contributed by atoms with van der Waals surface area (Å²) in [5, 5.41) is 16.1. The first-order valence-electron chi connectivity index (χ1n) is 12.3. The predicted molar refractivity (Wildman–Crippen MR) is 140 cm³/mol. The first kappa shape index (κ1) is 29.9. The number of ether oxygens (including phenoxy) is 1. The maximum absolute atomic E-state index is 13.1. The Morgan fingerprint density at radius 2 is 1.58 bits per heavy atom. The first-order valence-corrected chi connectivity index (χ1v) is 12.3. The lowest BCUT2D eigenvalue weighted by Crippen LogP contribution is -2.45. The van der Waals surface area contributed by atoms with E-state index in [1.54, 1.807) is 24.3 Å². The van der Waals surface area contributed by atoms with E-state index in [1.165, 1.54) is 24.3 Å². The second kappa shape index (κ2) is 14.5. The molecule has 0 aliphatic rings. The number of benzene rings is 2. The molecule has 11 nitrogen and oxygen atoms in total. The zero-order valence-corrected chi connectivity index (χ0v) is 21.8. The number of amides is 3. The molecule has 3 amide bonds. The molecule has 11 heteroatoms. The molecule has 0 spiro atoms. The number of nitrogens with two attached hydrogens (primary N) is 1. The van der Waals surface area contributed by atoms with E-state index in [-0.39, 0.29) is 47.8 Å². The van der Waals surface area contributed by atoms with E-state index in [9.17, 15) is 29.3 Å². The Labute approximate surface area is 221 Å². The highest BCUT2D eigenvalue weighted by atomic mass is 16.6. The summed E-state index contributed by atoms with van der Waals surface area (Å²) in [5.41, 5.74) is 6.59. The minimum atomic E-state index is -0.708. The lowest BCUT2D eigenvalue weighted by atomic mass is 9.95. The lowest BCUT2D eigenvalue weighted by Gasteiger charge is -2.22. The van der Waals surface area contributed by atoms with Crippen LogP contribution in [0.1, 0.15) is 55.1 Å². The number of carbonyl (C=O) groups is 4. The third-order valence-electron chi connectivity index (χ3n) is 6.17. The third-order valence-corrected chi connectivity index (χ3v) is 6.17. The van der Waals surface area contributed by atoms with Crippen molar-refractivity contribution in [3.05, 3.63) is 75.3 Å². The van der Waals surface area contributed by atoms with Gasteiger partial charge in [-0.2, -0.15) is 0 Å². The molecular formula is C27H34N4O7. The highest BCUT2D eigenvalue weighted by Crippen LogP contribution is 2.15. The molecular weight excluding hydrogens is 492 g/mol. The molecule has 38 heavy (non-hydrogen) atoms. The molecule has 0 unspecified atom stereocenters. The quantitative estimate of drug-likeness (QED) is 0.147. The van der Waals surface area contributed by atoms with E-state index in [0.29, 0.717) is 24.9 Å². The van der Waals surface area contributed by atoms with Crippen LogP contribution in [0.5, 0.6) is 0 Å². The number of nitrogens with one attached hydrogen (secondary N) is 2. The Morgan fingerprint density at radius 1 is 0.974 bits per heavy atom. The Bertz CT molecular complexity index is 1130. The van der Waals surface area contributed by atoms with Gasteiger partial charge in [-0.1, -0.05) is 45.0 Å². The van der Waals surface area contributed by atoms with Gasteiger partial charge < -0.3 is 21.1 Å². The minimum absolute atomic E-state index is 0.0112. The number of carbonyl (C=O) groups excluding carboxylic acids is 4. The van der Waals surface area contributed by atoms with Gasteiger partial charge in [0.2, 0.25) is 5.91 Å². The van der Waals surface area contributed by atoms with Crippen molar-refractivity contribution < 1.29 is 28.8 Å². The number of rotatable bonds is 14. The van der Waals surface area contributed by atoms with E-state index in [2.05, 4.69) is 10.6 Å². The van der Waals surface area contributed by atoms with Crippen LogP contribution in [0.15, 0.2) is 48.5 Å². The van der Waals surface area contributed by atoms with Crippen LogP contribution in [0.25, 0.3) is 0 Å². The fraction of sp³-hybridized carbons (Fsp3) is 0.407. The van der Waals surface area contributed by atoms with Gasteiger partial charge in [-0.05, 0) is 42.0 Å². The number of nitro groups is 1. The van der Waals surface area contributed by atoms with E-state index >= 15 is 0 Å². The number of nitro benzene ring substituents is 1. The van der Waals surface area contributed by atoms with Crippen LogP contribution >= 0.6 is 0 Å². The van der Waals surface area contributed by atoms with E-state index in [0.717, 1.165) is 5.56 Å². The van der Waals surface area contributed by atoms with Crippen molar-refractivity contribution in [1.82, 2.24) is 10.6 Å².